The van der Waals surface area contributed by atoms with Crippen molar-refractivity contribution in [2.24, 2.45) is 5.92 Å². The summed E-state index contributed by atoms with van der Waals surface area (Å²) in [6, 6.07) is 0. The fraction of sp³-hybridized carbons (Fsp3) is 0.875. The highest BCUT2D eigenvalue weighted by molar-refractivity contribution is 6.26. The van der Waals surface area contributed by atoms with Crippen LogP contribution < -0.4 is 0 Å². The highest BCUT2D eigenvalue weighted by Gasteiger charge is 2.59. The number of esters is 1. The maximum Gasteiger partial charge on any atom is 0.313 e. The molecule has 1 fully saturated rings. The van der Waals surface area contributed by atoms with E-state index in [1.807, 2.05) is 6.92 Å². The van der Waals surface area contributed by atoms with Crippen molar-refractivity contribution in [3.63, 3.8) is 0 Å². The minimum absolute atomic E-state index is 0.0967. The second-order valence-electron chi connectivity index (χ2n) is 3.04. The van der Waals surface area contributed by atoms with Crippen LogP contribution in [0.2, 0.25) is 0 Å². The summed E-state index contributed by atoms with van der Waals surface area (Å²) in [7, 11) is 0. The number of rotatable bonds is 4. The Bertz CT molecular complexity index is 182. The second kappa shape index (κ2) is 3.60. The van der Waals surface area contributed by atoms with Crippen LogP contribution in [0.1, 0.15) is 26.2 Å². The molecule has 2 nitrogen and oxygen atoms in total. The maximum atomic E-state index is 12.7. The SMILES string of the molecule is CCCCOC(=O)[C@@H]1CC1(F)Cl. The molecule has 0 radical (unpaired) electrons. The number of halogens is 2. The zero-order valence-corrected chi connectivity index (χ0v) is 7.73. The summed E-state index contributed by atoms with van der Waals surface area (Å²) in [5.74, 6) is -1.23. The van der Waals surface area contributed by atoms with Crippen LogP contribution in [0.4, 0.5) is 4.39 Å². The van der Waals surface area contributed by atoms with Gasteiger partial charge in [0.15, 0.2) is 5.13 Å². The van der Waals surface area contributed by atoms with E-state index in [1.165, 1.54) is 0 Å². The number of ether oxygens (including phenoxy) is 1. The zero-order valence-electron chi connectivity index (χ0n) is 6.98. The first-order valence-electron chi connectivity index (χ1n) is 4.12. The van der Waals surface area contributed by atoms with E-state index in [9.17, 15) is 9.18 Å². The molecule has 70 valence electrons. The van der Waals surface area contributed by atoms with Crippen LogP contribution >= 0.6 is 11.6 Å². The predicted octanol–water partition coefficient (Wildman–Crippen LogP) is 2.25. The van der Waals surface area contributed by atoms with Crippen molar-refractivity contribution in [3.05, 3.63) is 0 Å². The van der Waals surface area contributed by atoms with Gasteiger partial charge in [-0.05, 0) is 6.42 Å². The number of carbonyl (C=O) groups is 1. The first-order valence-corrected chi connectivity index (χ1v) is 4.50. The van der Waals surface area contributed by atoms with Crippen LogP contribution in [0.15, 0.2) is 0 Å². The van der Waals surface area contributed by atoms with E-state index >= 15 is 0 Å². The molecule has 1 rings (SSSR count). The van der Waals surface area contributed by atoms with E-state index < -0.39 is 17.0 Å². The Kier molecular flexibility index (Phi) is 2.94. The number of carbonyl (C=O) groups excluding carboxylic acids is 1. The Hall–Kier alpha value is -0.310. The Labute approximate surface area is 76.0 Å². The first kappa shape index (κ1) is 9.78. The summed E-state index contributed by atoms with van der Waals surface area (Å²) in [6.45, 7) is 2.37. The molecule has 0 N–H and O–H groups in total. The van der Waals surface area contributed by atoms with Crippen LogP contribution in [0.3, 0.4) is 0 Å². The van der Waals surface area contributed by atoms with E-state index in [0.717, 1.165) is 12.8 Å². The van der Waals surface area contributed by atoms with E-state index in [-0.39, 0.29) is 6.42 Å². The monoisotopic (exact) mass is 194 g/mol. The minimum Gasteiger partial charge on any atom is -0.465 e. The fourth-order valence-corrected chi connectivity index (χ4v) is 1.13. The van der Waals surface area contributed by atoms with Gasteiger partial charge >= 0.3 is 5.97 Å². The van der Waals surface area contributed by atoms with Crippen molar-refractivity contribution < 1.29 is 13.9 Å². The van der Waals surface area contributed by atoms with E-state index in [0.29, 0.717) is 6.61 Å². The summed E-state index contributed by atoms with van der Waals surface area (Å²) in [6.07, 6.45) is 1.87. The molecular weight excluding hydrogens is 183 g/mol. The average molecular weight is 195 g/mol. The van der Waals surface area contributed by atoms with Crippen molar-refractivity contribution in [2.75, 3.05) is 6.61 Å². The quantitative estimate of drug-likeness (QED) is 0.390. The lowest BCUT2D eigenvalue weighted by molar-refractivity contribution is -0.145. The van der Waals surface area contributed by atoms with Crippen LogP contribution in [-0.2, 0) is 9.53 Å². The molecule has 0 saturated heterocycles. The predicted molar refractivity (Wildman–Crippen MR) is 43.7 cm³/mol. The second-order valence-corrected chi connectivity index (χ2v) is 3.67. The minimum atomic E-state index is -1.82. The molecule has 0 bridgehead atoms. The van der Waals surface area contributed by atoms with Crippen molar-refractivity contribution in [1.29, 1.82) is 0 Å². The van der Waals surface area contributed by atoms with Crippen LogP contribution in [0.25, 0.3) is 0 Å². The van der Waals surface area contributed by atoms with Gasteiger partial charge in [0, 0.05) is 6.42 Å². The third-order valence-electron chi connectivity index (χ3n) is 1.85. The molecule has 1 aliphatic rings. The molecule has 1 aliphatic carbocycles. The molecule has 0 aromatic heterocycles. The Morgan fingerprint density at radius 2 is 2.42 bits per heavy atom. The normalized spacial score (nSPS) is 33.1. The molecule has 0 spiro atoms. The lowest BCUT2D eigenvalue weighted by Gasteiger charge is -2.02. The van der Waals surface area contributed by atoms with Gasteiger partial charge in [0.2, 0.25) is 0 Å². The van der Waals surface area contributed by atoms with Gasteiger partial charge in [-0.2, -0.15) is 0 Å². The summed E-state index contributed by atoms with van der Waals surface area (Å²) in [4.78, 5) is 10.9. The number of hydrogen-bond donors (Lipinski definition) is 0. The summed E-state index contributed by atoms with van der Waals surface area (Å²) >= 11 is 5.25. The standard InChI is InChI=1S/C8H12ClFO2/c1-2-3-4-12-7(11)6-5-8(6,9)10/h6H,2-5H2,1H3/t6-,8?/m0/s1. The van der Waals surface area contributed by atoms with Crippen molar-refractivity contribution in [2.45, 2.75) is 31.3 Å². The summed E-state index contributed by atoms with van der Waals surface area (Å²) < 4.78 is 17.5. The zero-order chi connectivity index (χ0) is 9.19. The lowest BCUT2D eigenvalue weighted by atomic mass is 10.3. The highest BCUT2D eigenvalue weighted by Crippen LogP contribution is 2.51. The third-order valence-corrected chi connectivity index (χ3v) is 2.27. The van der Waals surface area contributed by atoms with E-state index in [1.54, 1.807) is 0 Å². The number of unbranched alkanes of at least 4 members (excludes halogenated alkanes) is 1. The highest BCUT2D eigenvalue weighted by atomic mass is 35.5. The van der Waals surface area contributed by atoms with E-state index in [4.69, 9.17) is 16.3 Å². The Balaban J connectivity index is 2.14. The fourth-order valence-electron chi connectivity index (χ4n) is 0.887. The Morgan fingerprint density at radius 1 is 1.83 bits per heavy atom. The van der Waals surface area contributed by atoms with Gasteiger partial charge in [-0.25, -0.2) is 4.39 Å². The molecule has 0 heterocycles. The summed E-state index contributed by atoms with van der Waals surface area (Å²) in [5, 5.41) is -1.82. The summed E-state index contributed by atoms with van der Waals surface area (Å²) in [5.41, 5.74) is 0. The molecule has 1 saturated carbocycles. The average Bonchev–Trinajstić information content (AvgIpc) is 2.60. The molecule has 12 heavy (non-hydrogen) atoms. The molecule has 0 amide bonds. The smallest absolute Gasteiger partial charge is 0.313 e. The molecule has 2 atom stereocenters. The third kappa shape index (κ3) is 2.34. The van der Waals surface area contributed by atoms with Gasteiger partial charge in [-0.15, -0.1) is 0 Å². The van der Waals surface area contributed by atoms with Gasteiger partial charge in [0.05, 0.1) is 6.61 Å². The van der Waals surface area contributed by atoms with Crippen molar-refractivity contribution >= 4 is 17.6 Å². The first-order chi connectivity index (χ1) is 5.58. The number of alkyl halides is 2. The Morgan fingerprint density at radius 3 is 2.83 bits per heavy atom. The molecule has 0 aliphatic heterocycles. The van der Waals surface area contributed by atoms with Crippen LogP contribution in [-0.4, -0.2) is 17.7 Å². The van der Waals surface area contributed by atoms with Gasteiger partial charge < -0.3 is 4.74 Å². The maximum absolute atomic E-state index is 12.7. The number of hydrogen-bond acceptors (Lipinski definition) is 2. The van der Waals surface area contributed by atoms with Crippen LogP contribution in [0, 0.1) is 5.92 Å². The largest absolute Gasteiger partial charge is 0.465 e. The van der Waals surface area contributed by atoms with Gasteiger partial charge in [-0.3, -0.25) is 4.79 Å². The molecular formula is C8H12ClFO2. The van der Waals surface area contributed by atoms with Crippen molar-refractivity contribution in [3.8, 4) is 0 Å². The van der Waals surface area contributed by atoms with Gasteiger partial charge in [0.1, 0.15) is 5.92 Å². The van der Waals surface area contributed by atoms with Crippen LogP contribution in [0.5, 0.6) is 0 Å². The molecule has 0 aromatic carbocycles. The van der Waals surface area contributed by atoms with Gasteiger partial charge in [-0.1, -0.05) is 24.9 Å². The van der Waals surface area contributed by atoms with Crippen molar-refractivity contribution in [1.82, 2.24) is 0 Å². The molecule has 4 heteroatoms. The van der Waals surface area contributed by atoms with Gasteiger partial charge in [0.25, 0.3) is 0 Å². The lowest BCUT2D eigenvalue weighted by Crippen LogP contribution is -2.11. The van der Waals surface area contributed by atoms with E-state index in [2.05, 4.69) is 0 Å². The molecule has 1 unspecified atom stereocenters. The topological polar surface area (TPSA) is 26.3 Å². The molecule has 0 aromatic rings.